The molecule has 1 fully saturated rings. The van der Waals surface area contributed by atoms with Crippen molar-refractivity contribution in [2.75, 3.05) is 18.0 Å². The van der Waals surface area contributed by atoms with Crippen LogP contribution in [0, 0.1) is 5.82 Å². The zero-order chi connectivity index (χ0) is 14.2. The van der Waals surface area contributed by atoms with Crippen molar-refractivity contribution in [3.63, 3.8) is 0 Å². The Labute approximate surface area is 121 Å². The average Bonchev–Trinajstić information content (AvgIpc) is 3.16. The lowest BCUT2D eigenvalue weighted by Crippen LogP contribution is -2.20. The largest absolute Gasteiger partial charge is 0.355 e. The summed E-state index contributed by atoms with van der Waals surface area (Å²) >= 11 is 0. The first-order valence-electron chi connectivity index (χ1n) is 7.10. The zero-order valence-corrected chi connectivity index (χ0v) is 11.5. The third-order valence-corrected chi connectivity index (χ3v) is 4.14. The van der Waals surface area contributed by atoms with Gasteiger partial charge in [-0.3, -0.25) is 0 Å². The normalized spacial score (nSPS) is 18.5. The quantitative estimate of drug-likeness (QED) is 0.785. The molecule has 1 atom stereocenters. The maximum atomic E-state index is 13.4. The van der Waals surface area contributed by atoms with E-state index in [2.05, 4.69) is 19.9 Å². The van der Waals surface area contributed by atoms with Gasteiger partial charge in [0.25, 0.3) is 0 Å². The fraction of sp³-hybridized carbons (Fsp3) is 0.250. The molecular formula is C16H15FN4. The fourth-order valence-corrected chi connectivity index (χ4v) is 3.10. The molecular weight excluding hydrogens is 267 g/mol. The first-order valence-corrected chi connectivity index (χ1v) is 7.10. The summed E-state index contributed by atoms with van der Waals surface area (Å²) in [6, 6.07) is 8.91. The van der Waals surface area contributed by atoms with Crippen LogP contribution >= 0.6 is 0 Å². The summed E-state index contributed by atoms with van der Waals surface area (Å²) in [5, 5.41) is 1.04. The van der Waals surface area contributed by atoms with Crippen molar-refractivity contribution in [2.45, 2.75) is 12.3 Å². The van der Waals surface area contributed by atoms with Crippen LogP contribution in [-0.2, 0) is 0 Å². The van der Waals surface area contributed by atoms with Crippen molar-refractivity contribution in [3.8, 4) is 0 Å². The predicted molar refractivity (Wildman–Crippen MR) is 79.9 cm³/mol. The Kier molecular flexibility index (Phi) is 2.84. The number of nitrogens with one attached hydrogen (secondary N) is 1. The molecule has 0 bridgehead atoms. The second-order valence-electron chi connectivity index (χ2n) is 5.42. The summed E-state index contributed by atoms with van der Waals surface area (Å²) < 4.78 is 13.4. The van der Waals surface area contributed by atoms with Gasteiger partial charge in [-0.15, -0.1) is 0 Å². The number of halogens is 1. The van der Waals surface area contributed by atoms with Crippen molar-refractivity contribution >= 4 is 16.9 Å². The van der Waals surface area contributed by atoms with Crippen LogP contribution in [0.25, 0.3) is 11.0 Å². The molecule has 0 spiro atoms. The molecule has 1 aliphatic heterocycles. The molecule has 21 heavy (non-hydrogen) atoms. The molecule has 0 aliphatic carbocycles. The van der Waals surface area contributed by atoms with Gasteiger partial charge in [-0.25, -0.2) is 14.4 Å². The van der Waals surface area contributed by atoms with Crippen LogP contribution in [-0.4, -0.2) is 28.0 Å². The molecule has 106 valence electrons. The Morgan fingerprint density at radius 3 is 3.10 bits per heavy atom. The number of hydrogen-bond donors (Lipinski definition) is 1. The molecule has 1 N–H and O–H groups in total. The Morgan fingerprint density at radius 2 is 2.19 bits per heavy atom. The van der Waals surface area contributed by atoms with Gasteiger partial charge in [0.2, 0.25) is 0 Å². The molecule has 1 unspecified atom stereocenters. The molecule has 2 aromatic heterocycles. The van der Waals surface area contributed by atoms with Gasteiger partial charge in [-0.05, 0) is 30.2 Å². The lowest BCUT2D eigenvalue weighted by atomic mass is 9.98. The van der Waals surface area contributed by atoms with Gasteiger partial charge in [0, 0.05) is 25.2 Å². The van der Waals surface area contributed by atoms with E-state index in [1.54, 1.807) is 18.5 Å². The highest BCUT2D eigenvalue weighted by Crippen LogP contribution is 2.32. The highest BCUT2D eigenvalue weighted by Gasteiger charge is 2.26. The van der Waals surface area contributed by atoms with Crippen molar-refractivity contribution in [1.82, 2.24) is 15.0 Å². The van der Waals surface area contributed by atoms with Gasteiger partial charge in [-0.2, -0.15) is 0 Å². The minimum absolute atomic E-state index is 0.166. The van der Waals surface area contributed by atoms with Crippen LogP contribution < -0.4 is 4.90 Å². The number of nitrogens with zero attached hydrogens (tertiary/aromatic N) is 3. The van der Waals surface area contributed by atoms with Crippen molar-refractivity contribution < 1.29 is 4.39 Å². The van der Waals surface area contributed by atoms with Gasteiger partial charge in [0.05, 0.1) is 5.39 Å². The van der Waals surface area contributed by atoms with Gasteiger partial charge in [0.15, 0.2) is 0 Å². The predicted octanol–water partition coefficient (Wildman–Crippen LogP) is 3.09. The van der Waals surface area contributed by atoms with Crippen molar-refractivity contribution in [3.05, 3.63) is 54.2 Å². The van der Waals surface area contributed by atoms with E-state index in [0.717, 1.165) is 41.9 Å². The summed E-state index contributed by atoms with van der Waals surface area (Å²) in [7, 11) is 0. The van der Waals surface area contributed by atoms with Gasteiger partial charge in [0.1, 0.15) is 23.6 Å². The highest BCUT2D eigenvalue weighted by atomic mass is 19.1. The minimum atomic E-state index is -0.166. The highest BCUT2D eigenvalue weighted by molar-refractivity contribution is 5.87. The zero-order valence-electron chi connectivity index (χ0n) is 11.5. The lowest BCUT2D eigenvalue weighted by Gasteiger charge is -2.18. The monoisotopic (exact) mass is 282 g/mol. The molecule has 1 aliphatic rings. The molecule has 4 nitrogen and oxygen atoms in total. The number of fused-ring (bicyclic) bond motifs is 1. The standard InChI is InChI=1S/C16H15FN4/c17-13-3-1-2-11(8-13)12-5-7-21(9-12)16-14-4-6-18-15(14)19-10-20-16/h1-4,6,8,10,12H,5,7,9H2,(H,18,19,20). The Morgan fingerprint density at radius 1 is 1.24 bits per heavy atom. The van der Waals surface area contributed by atoms with Crippen molar-refractivity contribution in [1.29, 1.82) is 0 Å². The molecule has 5 heteroatoms. The Hall–Kier alpha value is -2.43. The Bertz CT molecular complexity index is 783. The first kappa shape index (κ1) is 12.3. The number of aromatic nitrogens is 3. The number of hydrogen-bond acceptors (Lipinski definition) is 3. The summed E-state index contributed by atoms with van der Waals surface area (Å²) in [5.41, 5.74) is 1.92. The molecule has 1 aromatic carbocycles. The fourth-order valence-electron chi connectivity index (χ4n) is 3.10. The van der Waals surface area contributed by atoms with E-state index in [0.29, 0.717) is 5.92 Å². The SMILES string of the molecule is Fc1cccc(C2CCN(c3ncnc4[nH]ccc34)C2)c1. The smallest absolute Gasteiger partial charge is 0.142 e. The van der Waals surface area contributed by atoms with Crippen LogP contribution in [0.4, 0.5) is 10.2 Å². The molecule has 1 saturated heterocycles. The molecule has 0 saturated carbocycles. The summed E-state index contributed by atoms with van der Waals surface area (Å²) in [6.45, 7) is 1.79. The third-order valence-electron chi connectivity index (χ3n) is 4.14. The van der Waals surface area contributed by atoms with Crippen LogP contribution in [0.3, 0.4) is 0 Å². The topological polar surface area (TPSA) is 44.8 Å². The van der Waals surface area contributed by atoms with Crippen LogP contribution in [0.2, 0.25) is 0 Å². The van der Waals surface area contributed by atoms with Gasteiger partial charge in [-0.1, -0.05) is 12.1 Å². The molecule has 3 heterocycles. The van der Waals surface area contributed by atoms with Gasteiger partial charge < -0.3 is 9.88 Å². The second-order valence-corrected chi connectivity index (χ2v) is 5.42. The molecule has 0 radical (unpaired) electrons. The van der Waals surface area contributed by atoms with Gasteiger partial charge >= 0.3 is 0 Å². The maximum Gasteiger partial charge on any atom is 0.142 e. The van der Waals surface area contributed by atoms with E-state index in [4.69, 9.17) is 0 Å². The molecule has 4 rings (SSSR count). The van der Waals surface area contributed by atoms with Crippen molar-refractivity contribution in [2.24, 2.45) is 0 Å². The van der Waals surface area contributed by atoms with E-state index in [9.17, 15) is 4.39 Å². The number of benzene rings is 1. The lowest BCUT2D eigenvalue weighted by molar-refractivity contribution is 0.621. The average molecular weight is 282 g/mol. The minimum Gasteiger partial charge on any atom is -0.355 e. The summed E-state index contributed by atoms with van der Waals surface area (Å²) in [5.74, 6) is 1.14. The van der Waals surface area contributed by atoms with E-state index in [-0.39, 0.29) is 5.82 Å². The number of rotatable bonds is 2. The summed E-state index contributed by atoms with van der Waals surface area (Å²) in [6.07, 6.45) is 4.48. The molecule has 0 amide bonds. The maximum absolute atomic E-state index is 13.4. The van der Waals surface area contributed by atoms with E-state index in [1.807, 2.05) is 18.3 Å². The van der Waals surface area contributed by atoms with E-state index < -0.39 is 0 Å². The van der Waals surface area contributed by atoms with E-state index in [1.165, 1.54) is 6.07 Å². The third kappa shape index (κ3) is 2.14. The number of aromatic amines is 1. The first-order chi connectivity index (χ1) is 10.3. The number of H-pyrrole nitrogens is 1. The van der Waals surface area contributed by atoms with Crippen LogP contribution in [0.5, 0.6) is 0 Å². The Balaban J connectivity index is 1.63. The second kappa shape index (κ2) is 4.84. The summed E-state index contributed by atoms with van der Waals surface area (Å²) in [4.78, 5) is 14.0. The molecule has 3 aromatic rings. The van der Waals surface area contributed by atoms with Crippen LogP contribution in [0.15, 0.2) is 42.9 Å². The number of anilines is 1. The van der Waals surface area contributed by atoms with E-state index >= 15 is 0 Å². The van der Waals surface area contributed by atoms with Crippen LogP contribution in [0.1, 0.15) is 17.9 Å².